The first-order valence-corrected chi connectivity index (χ1v) is 9.09. The van der Waals surface area contributed by atoms with Crippen LogP contribution in [-0.2, 0) is 22.0 Å². The number of fused-ring (bicyclic) bond motifs is 1. The fourth-order valence-electron chi connectivity index (χ4n) is 3.08. The van der Waals surface area contributed by atoms with E-state index in [0.29, 0.717) is 36.7 Å². The minimum atomic E-state index is -1.01. The number of aromatic nitrogens is 2. The molecule has 1 atom stereocenters. The second kappa shape index (κ2) is 5.75. The monoisotopic (exact) mass is 324 g/mol. The number of nitrogens with one attached hydrogen (secondary N) is 1. The Morgan fingerprint density at radius 3 is 2.77 bits per heavy atom. The van der Waals surface area contributed by atoms with Crippen molar-refractivity contribution in [3.05, 3.63) is 5.69 Å². The quantitative estimate of drug-likeness (QED) is 0.803. The zero-order valence-corrected chi connectivity index (χ0v) is 13.1. The molecule has 2 N–H and O–H groups in total. The van der Waals surface area contributed by atoms with Crippen LogP contribution in [0.25, 0.3) is 0 Å². The normalized spacial score (nSPS) is 25.9. The second-order valence-electron chi connectivity index (χ2n) is 6.04. The molecular formula is C14H20N4O3S. The van der Waals surface area contributed by atoms with Crippen molar-refractivity contribution in [1.82, 2.24) is 9.97 Å². The van der Waals surface area contributed by atoms with Gasteiger partial charge in [0.15, 0.2) is 0 Å². The zero-order valence-electron chi connectivity index (χ0n) is 12.3. The van der Waals surface area contributed by atoms with Gasteiger partial charge in [0.25, 0.3) is 0 Å². The molecule has 0 bridgehead atoms. The highest BCUT2D eigenvalue weighted by atomic mass is 32.2. The van der Waals surface area contributed by atoms with Crippen molar-refractivity contribution in [3.63, 3.8) is 0 Å². The van der Waals surface area contributed by atoms with Crippen LogP contribution in [0.3, 0.4) is 0 Å². The zero-order chi connectivity index (χ0) is 15.1. The van der Waals surface area contributed by atoms with Crippen LogP contribution in [-0.4, -0.2) is 63.5 Å². The van der Waals surface area contributed by atoms with Crippen molar-refractivity contribution in [2.75, 3.05) is 42.3 Å². The lowest BCUT2D eigenvalue weighted by atomic mass is 10.1. The smallest absolute Gasteiger partial charge is 0.227 e. The number of aryl methyl sites for hydroxylation is 1. The standard InChI is InChI=1S/C14H20N4O3S/c19-10-7-18(8-10)14-16-11-3-6-22(20)12(11)13(17-14)15-9-1-4-21-5-2-9/h9-10,19H,1-8H2,(H,15,16,17)/t22-/m0/s1. The van der Waals surface area contributed by atoms with Gasteiger partial charge in [-0.15, -0.1) is 0 Å². The van der Waals surface area contributed by atoms with Crippen LogP contribution in [0.4, 0.5) is 11.8 Å². The van der Waals surface area contributed by atoms with Gasteiger partial charge in [-0.3, -0.25) is 4.21 Å². The highest BCUT2D eigenvalue weighted by molar-refractivity contribution is 7.85. The first-order chi connectivity index (χ1) is 10.7. The van der Waals surface area contributed by atoms with Gasteiger partial charge in [0.1, 0.15) is 10.7 Å². The number of anilines is 2. The molecule has 4 heterocycles. The number of aliphatic hydroxyl groups excluding tert-OH is 1. The lowest BCUT2D eigenvalue weighted by Gasteiger charge is -2.36. The molecule has 8 heteroatoms. The first kappa shape index (κ1) is 14.3. The van der Waals surface area contributed by atoms with E-state index in [4.69, 9.17) is 4.74 Å². The number of aliphatic hydroxyl groups is 1. The minimum absolute atomic E-state index is 0.294. The van der Waals surface area contributed by atoms with Gasteiger partial charge in [-0.25, -0.2) is 4.98 Å². The number of hydrogen-bond acceptors (Lipinski definition) is 7. The predicted molar refractivity (Wildman–Crippen MR) is 82.7 cm³/mol. The maximum absolute atomic E-state index is 12.3. The fraction of sp³-hybridized carbons (Fsp3) is 0.714. The van der Waals surface area contributed by atoms with E-state index in [1.165, 1.54) is 0 Å². The summed E-state index contributed by atoms with van der Waals surface area (Å²) < 4.78 is 17.6. The molecule has 0 radical (unpaired) electrons. The first-order valence-electron chi connectivity index (χ1n) is 7.77. The van der Waals surface area contributed by atoms with Gasteiger partial charge in [-0.05, 0) is 12.8 Å². The number of rotatable bonds is 3. The van der Waals surface area contributed by atoms with Gasteiger partial charge in [-0.1, -0.05) is 0 Å². The van der Waals surface area contributed by atoms with Crippen molar-refractivity contribution in [1.29, 1.82) is 0 Å². The molecule has 3 aliphatic rings. The molecule has 120 valence electrons. The molecule has 22 heavy (non-hydrogen) atoms. The molecule has 0 spiro atoms. The van der Waals surface area contributed by atoms with Crippen LogP contribution in [0.2, 0.25) is 0 Å². The fourth-order valence-corrected chi connectivity index (χ4v) is 4.39. The molecule has 1 aromatic rings. The molecule has 0 aromatic carbocycles. The van der Waals surface area contributed by atoms with E-state index < -0.39 is 10.8 Å². The molecule has 0 saturated carbocycles. The Labute approximate surface area is 131 Å². The third kappa shape index (κ3) is 2.59. The SMILES string of the molecule is O=[S@]1CCc2nc(N3CC(O)C3)nc(NC3CCOCC3)c21. The predicted octanol–water partition coefficient (Wildman–Crippen LogP) is -0.0879. The van der Waals surface area contributed by atoms with Crippen molar-refractivity contribution >= 4 is 22.6 Å². The maximum Gasteiger partial charge on any atom is 0.227 e. The number of hydrogen-bond donors (Lipinski definition) is 2. The third-order valence-corrected chi connectivity index (χ3v) is 5.84. The lowest BCUT2D eigenvalue weighted by Crippen LogP contribution is -2.51. The van der Waals surface area contributed by atoms with E-state index >= 15 is 0 Å². The molecule has 1 aromatic heterocycles. The average molecular weight is 324 g/mol. The van der Waals surface area contributed by atoms with E-state index in [1.54, 1.807) is 0 Å². The highest BCUT2D eigenvalue weighted by Gasteiger charge is 2.32. The van der Waals surface area contributed by atoms with E-state index in [0.717, 1.165) is 43.1 Å². The molecule has 0 unspecified atom stereocenters. The molecule has 2 fully saturated rings. The van der Waals surface area contributed by atoms with E-state index in [1.807, 2.05) is 4.90 Å². The Morgan fingerprint density at radius 1 is 1.27 bits per heavy atom. The topological polar surface area (TPSA) is 87.6 Å². The van der Waals surface area contributed by atoms with Crippen molar-refractivity contribution in [3.8, 4) is 0 Å². The summed E-state index contributed by atoms with van der Waals surface area (Å²) in [4.78, 5) is 11.9. The highest BCUT2D eigenvalue weighted by Crippen LogP contribution is 2.32. The number of ether oxygens (including phenoxy) is 1. The van der Waals surface area contributed by atoms with Crippen LogP contribution >= 0.6 is 0 Å². The molecule has 3 aliphatic heterocycles. The van der Waals surface area contributed by atoms with Gasteiger partial charge in [-0.2, -0.15) is 4.98 Å². The summed E-state index contributed by atoms with van der Waals surface area (Å²) in [6, 6.07) is 0.306. The Hall–Kier alpha value is -1.25. The van der Waals surface area contributed by atoms with Crippen LogP contribution in [0.15, 0.2) is 4.90 Å². The van der Waals surface area contributed by atoms with Gasteiger partial charge in [0, 0.05) is 44.5 Å². The molecule has 7 nitrogen and oxygen atoms in total. The average Bonchev–Trinajstić information content (AvgIpc) is 2.87. The molecule has 0 aliphatic carbocycles. The molecular weight excluding hydrogens is 304 g/mol. The lowest BCUT2D eigenvalue weighted by molar-refractivity contribution is 0.0903. The summed E-state index contributed by atoms with van der Waals surface area (Å²) in [5.74, 6) is 1.97. The molecule has 0 amide bonds. The van der Waals surface area contributed by atoms with Crippen LogP contribution in [0, 0.1) is 0 Å². The Kier molecular flexibility index (Phi) is 3.75. The summed E-state index contributed by atoms with van der Waals surface area (Å²) >= 11 is 0. The van der Waals surface area contributed by atoms with Crippen LogP contribution in [0.5, 0.6) is 0 Å². The second-order valence-corrected chi connectivity index (χ2v) is 7.55. The summed E-state index contributed by atoms with van der Waals surface area (Å²) in [5, 5.41) is 12.9. The van der Waals surface area contributed by atoms with Crippen molar-refractivity contribution < 1.29 is 14.1 Å². The summed E-state index contributed by atoms with van der Waals surface area (Å²) in [5.41, 5.74) is 0.888. The minimum Gasteiger partial charge on any atom is -0.389 e. The van der Waals surface area contributed by atoms with Gasteiger partial charge < -0.3 is 20.1 Å². The number of β-amino-alcohol motifs (C(OH)–C–C–N with tert-alkyl or cyclic N) is 1. The van der Waals surface area contributed by atoms with Gasteiger partial charge in [0.05, 0.1) is 22.6 Å². The summed E-state index contributed by atoms with van der Waals surface area (Å²) in [6.07, 6.45) is 2.31. The Bertz CT molecular complexity index is 600. The number of nitrogens with zero attached hydrogens (tertiary/aromatic N) is 3. The van der Waals surface area contributed by atoms with Gasteiger partial charge in [0.2, 0.25) is 5.95 Å². The largest absolute Gasteiger partial charge is 0.389 e. The molecule has 4 rings (SSSR count). The summed E-state index contributed by atoms with van der Waals surface area (Å²) in [7, 11) is -1.01. The third-order valence-electron chi connectivity index (χ3n) is 4.38. The maximum atomic E-state index is 12.3. The van der Waals surface area contributed by atoms with E-state index in [-0.39, 0.29) is 6.10 Å². The van der Waals surface area contributed by atoms with Crippen molar-refractivity contribution in [2.45, 2.75) is 36.3 Å². The van der Waals surface area contributed by atoms with E-state index in [9.17, 15) is 9.32 Å². The van der Waals surface area contributed by atoms with Crippen LogP contribution < -0.4 is 10.2 Å². The van der Waals surface area contributed by atoms with Crippen molar-refractivity contribution in [2.24, 2.45) is 0 Å². The van der Waals surface area contributed by atoms with Gasteiger partial charge >= 0.3 is 0 Å². The Balaban J connectivity index is 1.63. The molecule has 2 saturated heterocycles. The Morgan fingerprint density at radius 2 is 2.05 bits per heavy atom. The van der Waals surface area contributed by atoms with E-state index in [2.05, 4.69) is 15.3 Å². The van der Waals surface area contributed by atoms with Crippen LogP contribution in [0.1, 0.15) is 18.5 Å². The summed E-state index contributed by atoms with van der Waals surface area (Å²) in [6.45, 7) is 2.63.